The lowest BCUT2D eigenvalue weighted by molar-refractivity contribution is -0.112. The van der Waals surface area contributed by atoms with Gasteiger partial charge in [-0.05, 0) is 33.1 Å². The summed E-state index contributed by atoms with van der Waals surface area (Å²) in [6.45, 7) is 6.72. The molecule has 1 N–H and O–H groups in total. The van der Waals surface area contributed by atoms with Crippen molar-refractivity contribution in [2.24, 2.45) is 5.92 Å². The van der Waals surface area contributed by atoms with Gasteiger partial charge in [0.15, 0.2) is 0 Å². The van der Waals surface area contributed by atoms with E-state index in [1.54, 1.807) is 12.0 Å². The third-order valence-corrected chi connectivity index (χ3v) is 3.19. The minimum absolute atomic E-state index is 0.163. The maximum Gasteiger partial charge on any atom is 0.410 e. The van der Waals surface area contributed by atoms with E-state index in [0.29, 0.717) is 19.5 Å². The first-order valence-electron chi connectivity index (χ1n) is 7.07. The Morgan fingerprint density at radius 1 is 1.43 bits per heavy atom. The predicted molar refractivity (Wildman–Crippen MR) is 77.0 cm³/mol. The first kappa shape index (κ1) is 17.6. The fourth-order valence-electron chi connectivity index (χ4n) is 2.21. The molecule has 6 heteroatoms. The van der Waals surface area contributed by atoms with Crippen LogP contribution in [0, 0.1) is 17.9 Å². The number of aliphatic hydroxyl groups excluding tert-OH is 1. The maximum atomic E-state index is 12.1. The van der Waals surface area contributed by atoms with Crippen LogP contribution in [0.2, 0.25) is 0 Å². The zero-order valence-electron chi connectivity index (χ0n) is 13.2. The molecule has 1 aliphatic rings. The summed E-state index contributed by atoms with van der Waals surface area (Å²) in [5, 5.41) is 8.62. The molecular formula is C15H25NO5. The average Bonchev–Trinajstić information content (AvgIpc) is 2.41. The first-order chi connectivity index (χ1) is 9.87. The van der Waals surface area contributed by atoms with E-state index in [9.17, 15) is 4.79 Å². The Morgan fingerprint density at radius 2 is 2.14 bits per heavy atom. The summed E-state index contributed by atoms with van der Waals surface area (Å²) in [5.74, 6) is 2.82. The number of aliphatic hydroxyl groups is 1. The second-order valence-corrected chi connectivity index (χ2v) is 6.08. The largest absolute Gasteiger partial charge is 0.462 e. The number of likely N-dealkylation sites (tertiary alicyclic amines) is 1. The van der Waals surface area contributed by atoms with Crippen LogP contribution in [-0.2, 0) is 14.2 Å². The number of hydrogen-bond acceptors (Lipinski definition) is 5. The number of methoxy groups -OCH3 is 1. The van der Waals surface area contributed by atoms with Crippen LogP contribution in [0.15, 0.2) is 0 Å². The Balaban J connectivity index is 2.63. The van der Waals surface area contributed by atoms with Crippen molar-refractivity contribution in [3.63, 3.8) is 0 Å². The van der Waals surface area contributed by atoms with Crippen LogP contribution in [0.4, 0.5) is 4.79 Å². The Kier molecular flexibility index (Phi) is 6.79. The fourth-order valence-corrected chi connectivity index (χ4v) is 2.21. The molecule has 0 aromatic rings. The number of amides is 1. The molecule has 6 nitrogen and oxygen atoms in total. The molecule has 1 aliphatic heterocycles. The van der Waals surface area contributed by atoms with Gasteiger partial charge in [-0.1, -0.05) is 5.92 Å². The van der Waals surface area contributed by atoms with E-state index in [4.69, 9.17) is 19.3 Å². The normalized spacial score (nSPS) is 22.4. The topological polar surface area (TPSA) is 68.2 Å². The quantitative estimate of drug-likeness (QED) is 0.635. The third-order valence-electron chi connectivity index (χ3n) is 3.19. The van der Waals surface area contributed by atoms with Gasteiger partial charge in [-0.25, -0.2) is 4.79 Å². The summed E-state index contributed by atoms with van der Waals surface area (Å²) in [4.78, 5) is 13.7. The summed E-state index contributed by atoms with van der Waals surface area (Å²) in [6.07, 6.45) is 2.69. The molecule has 120 valence electrons. The second kappa shape index (κ2) is 8.11. The standard InChI is InChI=1S/C15H25NO5/c1-15(2,3)21-14(18)16-8-7-12(6-5-9-17)13(10-16)20-11-19-4/h12-13,17H,6-8,10-11H2,1-4H3. The van der Waals surface area contributed by atoms with E-state index in [1.165, 1.54) is 0 Å². The summed E-state index contributed by atoms with van der Waals surface area (Å²) in [5.41, 5.74) is -0.515. The highest BCUT2D eigenvalue weighted by molar-refractivity contribution is 5.68. The van der Waals surface area contributed by atoms with Crippen molar-refractivity contribution in [3.05, 3.63) is 0 Å². The minimum atomic E-state index is -0.515. The Bertz CT molecular complexity index is 393. The Morgan fingerprint density at radius 3 is 2.71 bits per heavy atom. The summed E-state index contributed by atoms with van der Waals surface area (Å²) in [6, 6.07) is 0. The molecule has 0 bridgehead atoms. The highest BCUT2D eigenvalue weighted by Crippen LogP contribution is 2.24. The smallest absolute Gasteiger partial charge is 0.410 e. The summed E-state index contributed by atoms with van der Waals surface area (Å²) in [7, 11) is 1.55. The molecule has 0 aliphatic carbocycles. The Hall–Kier alpha value is -1.45. The molecule has 0 aromatic carbocycles. The van der Waals surface area contributed by atoms with E-state index >= 15 is 0 Å². The van der Waals surface area contributed by atoms with Gasteiger partial charge < -0.3 is 24.2 Å². The van der Waals surface area contributed by atoms with E-state index < -0.39 is 5.60 Å². The lowest BCUT2D eigenvalue weighted by Crippen LogP contribution is -2.49. The van der Waals surface area contributed by atoms with E-state index in [-0.39, 0.29) is 24.9 Å². The molecule has 2 unspecified atom stereocenters. The van der Waals surface area contributed by atoms with Crippen molar-refractivity contribution in [3.8, 4) is 12.0 Å². The average molecular weight is 299 g/mol. The van der Waals surface area contributed by atoms with Gasteiger partial charge >= 0.3 is 6.09 Å². The van der Waals surface area contributed by atoms with Gasteiger partial charge in [-0.15, -0.1) is 0 Å². The van der Waals surface area contributed by atoms with Gasteiger partial charge in [0.25, 0.3) is 0 Å². The molecule has 0 radical (unpaired) electrons. The number of carbonyl (C=O) groups excluding carboxylic acids is 1. The van der Waals surface area contributed by atoms with E-state index in [1.807, 2.05) is 26.9 Å². The predicted octanol–water partition coefficient (Wildman–Crippen LogP) is 1.96. The van der Waals surface area contributed by atoms with E-state index in [2.05, 4.69) is 5.92 Å². The SMILES string of the molecule is COCOC1CN(C(=O)OC(C)(C)C)CCC1CC#CO. The zero-order chi connectivity index (χ0) is 15.9. The Labute approximate surface area is 126 Å². The number of hydrogen-bond donors (Lipinski definition) is 1. The molecule has 1 fully saturated rings. The lowest BCUT2D eigenvalue weighted by Gasteiger charge is -2.38. The van der Waals surface area contributed by atoms with Gasteiger partial charge in [0, 0.05) is 20.1 Å². The van der Waals surface area contributed by atoms with Gasteiger partial charge in [0.05, 0.1) is 12.6 Å². The molecule has 1 amide bonds. The lowest BCUT2D eigenvalue weighted by atomic mass is 9.91. The van der Waals surface area contributed by atoms with Crippen LogP contribution in [0.25, 0.3) is 0 Å². The first-order valence-corrected chi connectivity index (χ1v) is 7.07. The molecule has 2 atom stereocenters. The summed E-state index contributed by atoms with van der Waals surface area (Å²) >= 11 is 0. The van der Waals surface area contributed by atoms with Gasteiger partial charge in [-0.3, -0.25) is 0 Å². The highest BCUT2D eigenvalue weighted by Gasteiger charge is 2.33. The van der Waals surface area contributed by atoms with Crippen LogP contribution in [0.3, 0.4) is 0 Å². The number of carbonyl (C=O) groups is 1. The van der Waals surface area contributed by atoms with Gasteiger partial charge in [0.1, 0.15) is 18.5 Å². The molecule has 1 saturated heterocycles. The van der Waals surface area contributed by atoms with Crippen molar-refractivity contribution < 1.29 is 24.1 Å². The van der Waals surface area contributed by atoms with Crippen molar-refractivity contribution in [1.29, 1.82) is 0 Å². The van der Waals surface area contributed by atoms with Crippen LogP contribution in [0.5, 0.6) is 0 Å². The van der Waals surface area contributed by atoms with Crippen LogP contribution >= 0.6 is 0 Å². The highest BCUT2D eigenvalue weighted by atomic mass is 16.7. The van der Waals surface area contributed by atoms with Gasteiger partial charge in [0.2, 0.25) is 0 Å². The number of piperidine rings is 1. The van der Waals surface area contributed by atoms with Crippen molar-refractivity contribution in [1.82, 2.24) is 4.90 Å². The molecule has 21 heavy (non-hydrogen) atoms. The number of rotatable bonds is 4. The van der Waals surface area contributed by atoms with Crippen LogP contribution in [-0.4, -0.2) is 54.8 Å². The fraction of sp³-hybridized carbons (Fsp3) is 0.800. The summed E-state index contributed by atoms with van der Waals surface area (Å²) < 4.78 is 15.9. The third kappa shape index (κ3) is 6.23. The molecule has 0 saturated carbocycles. The zero-order valence-corrected chi connectivity index (χ0v) is 13.2. The number of ether oxygens (including phenoxy) is 3. The minimum Gasteiger partial charge on any atom is -0.462 e. The molecule has 1 heterocycles. The van der Waals surface area contributed by atoms with Crippen LogP contribution < -0.4 is 0 Å². The molecule has 0 aromatic heterocycles. The molecule has 0 spiro atoms. The molecular weight excluding hydrogens is 274 g/mol. The van der Waals surface area contributed by atoms with Crippen molar-refractivity contribution >= 4 is 6.09 Å². The van der Waals surface area contributed by atoms with E-state index in [0.717, 1.165) is 6.42 Å². The van der Waals surface area contributed by atoms with Gasteiger partial charge in [-0.2, -0.15) is 0 Å². The maximum absolute atomic E-state index is 12.1. The van der Waals surface area contributed by atoms with Crippen molar-refractivity contribution in [2.75, 3.05) is 27.0 Å². The monoisotopic (exact) mass is 299 g/mol. The number of nitrogens with zero attached hydrogens (tertiary/aromatic N) is 1. The molecule has 1 rings (SSSR count). The van der Waals surface area contributed by atoms with Crippen molar-refractivity contribution in [2.45, 2.75) is 45.3 Å². The second-order valence-electron chi connectivity index (χ2n) is 6.08. The van der Waals surface area contributed by atoms with Crippen LogP contribution in [0.1, 0.15) is 33.6 Å².